The molecule has 0 radical (unpaired) electrons. The van der Waals surface area contributed by atoms with Gasteiger partial charge in [-0.3, -0.25) is 14.4 Å². The number of carboxylic acids is 1. The maximum absolute atomic E-state index is 13.2. The molecule has 0 spiro atoms. The molecule has 1 saturated heterocycles. The maximum Gasteiger partial charge on any atom is 0.335 e. The Kier molecular flexibility index (Phi) is 55.3. The van der Waals surface area contributed by atoms with Crippen molar-refractivity contribution in [2.45, 2.75) is 276 Å². The van der Waals surface area contributed by atoms with Crippen LogP contribution < -0.4 is 0 Å². The highest BCUT2D eigenvalue weighted by Gasteiger charge is 2.50. The molecule has 1 heterocycles. The molecule has 6 atom stereocenters. The molecular formula is C75H116O12. The Bertz CT molecular complexity index is 2120. The lowest BCUT2D eigenvalue weighted by atomic mass is 9.98. The maximum atomic E-state index is 13.2. The van der Waals surface area contributed by atoms with Gasteiger partial charge in [0, 0.05) is 19.3 Å². The van der Waals surface area contributed by atoms with Gasteiger partial charge in [-0.25, -0.2) is 4.79 Å². The Morgan fingerprint density at radius 1 is 0.379 bits per heavy atom. The Morgan fingerprint density at radius 3 is 1.06 bits per heavy atom. The second-order valence-electron chi connectivity index (χ2n) is 22.0. The number of aliphatic carboxylic acids is 1. The molecule has 0 aromatic heterocycles. The molecule has 0 aromatic carbocycles. The smallest absolute Gasteiger partial charge is 0.335 e. The van der Waals surface area contributed by atoms with E-state index >= 15 is 0 Å². The summed E-state index contributed by atoms with van der Waals surface area (Å²) in [6.07, 6.45) is 76.1. The zero-order valence-corrected chi connectivity index (χ0v) is 53.9. The van der Waals surface area contributed by atoms with Gasteiger partial charge in [-0.2, -0.15) is 0 Å². The van der Waals surface area contributed by atoms with E-state index in [9.17, 15) is 34.5 Å². The lowest BCUT2D eigenvalue weighted by Crippen LogP contribution is -2.61. The van der Waals surface area contributed by atoms with Gasteiger partial charge in [-0.05, 0) is 141 Å². The first-order valence-electron chi connectivity index (χ1n) is 33.5. The molecule has 0 amide bonds. The molecule has 1 aliphatic rings. The molecular weight excluding hydrogens is 1090 g/mol. The number of unbranched alkanes of at least 4 members (excludes halogenated alkanes) is 15. The summed E-state index contributed by atoms with van der Waals surface area (Å²) in [4.78, 5) is 51.5. The highest BCUT2D eigenvalue weighted by Crippen LogP contribution is 2.26. The number of aliphatic hydroxyl groups excluding tert-OH is 2. The molecule has 488 valence electrons. The fourth-order valence-corrected chi connectivity index (χ4v) is 9.08. The summed E-state index contributed by atoms with van der Waals surface area (Å²) in [5.41, 5.74) is 0. The molecule has 1 aliphatic heterocycles. The highest BCUT2D eigenvalue weighted by molar-refractivity contribution is 5.74. The van der Waals surface area contributed by atoms with E-state index in [0.29, 0.717) is 19.3 Å². The van der Waals surface area contributed by atoms with Crippen molar-refractivity contribution < 1.29 is 58.2 Å². The molecule has 0 saturated carbocycles. The van der Waals surface area contributed by atoms with E-state index in [2.05, 4.69) is 179 Å². The monoisotopic (exact) mass is 1210 g/mol. The van der Waals surface area contributed by atoms with Crippen molar-refractivity contribution in [1.82, 2.24) is 0 Å². The minimum Gasteiger partial charge on any atom is -0.479 e. The van der Waals surface area contributed by atoms with Crippen molar-refractivity contribution in [2.24, 2.45) is 0 Å². The number of hydrogen-bond donors (Lipinski definition) is 3. The van der Waals surface area contributed by atoms with E-state index in [4.69, 9.17) is 23.7 Å². The van der Waals surface area contributed by atoms with Crippen molar-refractivity contribution in [2.75, 3.05) is 13.2 Å². The van der Waals surface area contributed by atoms with Crippen molar-refractivity contribution in [3.05, 3.63) is 158 Å². The number of esters is 3. The van der Waals surface area contributed by atoms with Crippen LogP contribution in [-0.2, 0) is 42.9 Å². The lowest BCUT2D eigenvalue weighted by Gasteiger charge is -2.40. The van der Waals surface area contributed by atoms with E-state index < -0.39 is 67.3 Å². The quantitative estimate of drug-likeness (QED) is 0.0228. The summed E-state index contributed by atoms with van der Waals surface area (Å²) in [7, 11) is 0. The number of hydrogen-bond acceptors (Lipinski definition) is 11. The van der Waals surface area contributed by atoms with Crippen LogP contribution in [0.4, 0.5) is 0 Å². The van der Waals surface area contributed by atoms with Crippen LogP contribution in [0.25, 0.3) is 0 Å². The summed E-state index contributed by atoms with van der Waals surface area (Å²) >= 11 is 0. The topological polar surface area (TPSA) is 175 Å². The van der Waals surface area contributed by atoms with Crippen LogP contribution in [0.2, 0.25) is 0 Å². The third kappa shape index (κ3) is 50.0. The van der Waals surface area contributed by atoms with Gasteiger partial charge in [0.15, 0.2) is 24.6 Å². The Balaban J connectivity index is 2.71. The van der Waals surface area contributed by atoms with E-state index in [1.54, 1.807) is 0 Å². The van der Waals surface area contributed by atoms with Crippen LogP contribution in [0.5, 0.6) is 0 Å². The van der Waals surface area contributed by atoms with Gasteiger partial charge in [0.05, 0.1) is 6.61 Å². The van der Waals surface area contributed by atoms with Crippen LogP contribution in [0, 0.1) is 0 Å². The average molecular weight is 1210 g/mol. The number of carboxylic acid groups (broad SMARTS) is 1. The molecule has 6 unspecified atom stereocenters. The molecule has 1 rings (SSSR count). The predicted octanol–water partition coefficient (Wildman–Crippen LogP) is 18.5. The lowest BCUT2D eigenvalue weighted by molar-refractivity contribution is -0.301. The third-order valence-corrected chi connectivity index (χ3v) is 14.1. The van der Waals surface area contributed by atoms with Gasteiger partial charge in [0.2, 0.25) is 0 Å². The van der Waals surface area contributed by atoms with E-state index in [1.165, 1.54) is 0 Å². The highest BCUT2D eigenvalue weighted by atomic mass is 16.7. The van der Waals surface area contributed by atoms with Crippen LogP contribution in [0.3, 0.4) is 0 Å². The van der Waals surface area contributed by atoms with Gasteiger partial charge in [-0.15, -0.1) is 0 Å². The zero-order chi connectivity index (χ0) is 63.1. The summed E-state index contributed by atoms with van der Waals surface area (Å²) in [6, 6.07) is 0. The number of rotatable bonds is 55. The van der Waals surface area contributed by atoms with E-state index in [1.807, 2.05) is 0 Å². The second kappa shape index (κ2) is 60.6. The summed E-state index contributed by atoms with van der Waals surface area (Å²) in [5, 5.41) is 31.7. The first-order valence-corrected chi connectivity index (χ1v) is 33.5. The van der Waals surface area contributed by atoms with Gasteiger partial charge < -0.3 is 39.0 Å². The van der Waals surface area contributed by atoms with Gasteiger partial charge in [0.1, 0.15) is 18.8 Å². The van der Waals surface area contributed by atoms with Crippen molar-refractivity contribution in [1.29, 1.82) is 0 Å². The zero-order valence-electron chi connectivity index (χ0n) is 53.9. The van der Waals surface area contributed by atoms with Crippen molar-refractivity contribution in [3.63, 3.8) is 0 Å². The number of allylic oxidation sites excluding steroid dienone is 26. The number of ether oxygens (including phenoxy) is 5. The third-order valence-electron chi connectivity index (χ3n) is 14.1. The molecule has 12 nitrogen and oxygen atoms in total. The molecule has 12 heteroatoms. The van der Waals surface area contributed by atoms with Crippen molar-refractivity contribution in [3.8, 4) is 0 Å². The summed E-state index contributed by atoms with van der Waals surface area (Å²) in [6.45, 7) is 5.62. The SMILES string of the molecule is CC/C=C\C/C=C\C/C=C\C/C=C\C/C=C\CCCCCC(=O)OCC(COC1OC(C(=O)O)C(O)C(O)C1OC(=O)CCCCCCCC/C=C\C/C=C\C/C=C\C/C=C\CC)OC(=O)CCCCCCCC/C=C\C/C=C\C/C=C\C/C=C\CC. The fourth-order valence-electron chi connectivity index (χ4n) is 9.08. The van der Waals surface area contributed by atoms with Crippen LogP contribution in [0.1, 0.15) is 239 Å². The molecule has 0 aliphatic carbocycles. The van der Waals surface area contributed by atoms with Gasteiger partial charge in [0.25, 0.3) is 0 Å². The Labute approximate surface area is 526 Å². The average Bonchev–Trinajstić information content (AvgIpc) is 2.56. The molecule has 87 heavy (non-hydrogen) atoms. The van der Waals surface area contributed by atoms with Crippen molar-refractivity contribution >= 4 is 23.9 Å². The predicted molar refractivity (Wildman–Crippen MR) is 358 cm³/mol. The fraction of sp³-hybridized carbons (Fsp3) is 0.600. The summed E-state index contributed by atoms with van der Waals surface area (Å²) in [5.74, 6) is -3.22. The molecule has 0 aromatic rings. The number of carbonyl (C=O) groups excluding carboxylic acids is 3. The standard InChI is InChI=1S/C75H116O12/c1-4-7-10-13-16-19-22-25-28-31-34-37-40-43-46-49-52-55-58-61-67(76)83-64-66(85-68(77)62-59-56-53-50-47-44-41-38-35-32-29-26-23-20-17-14-11-8-5-2)65-84-75-73(71(80)70(79)72(87-75)74(81)82)86-69(78)63-60-57-54-51-48-45-42-39-36-33-30-27-24-21-18-15-12-9-6-3/h7-12,16-21,25-30,34-39,43,46,66,70-73,75,79-80H,4-6,13-15,22-24,31-33,40-42,44-45,47-65H2,1-3H3,(H,81,82)/b10-7-,11-8-,12-9-,19-16-,20-17-,21-18-,28-25-,29-26-,30-27-,37-34-,38-35-,39-36-,46-43-. The minimum absolute atomic E-state index is 0.0297. The number of carbonyl (C=O) groups is 4. The van der Waals surface area contributed by atoms with Gasteiger partial charge in [-0.1, -0.05) is 237 Å². The Morgan fingerprint density at radius 2 is 0.690 bits per heavy atom. The number of aliphatic hydroxyl groups is 2. The van der Waals surface area contributed by atoms with E-state index in [-0.39, 0.29) is 25.9 Å². The van der Waals surface area contributed by atoms with E-state index in [0.717, 1.165) is 180 Å². The normalized spacial score (nSPS) is 18.4. The first-order chi connectivity index (χ1) is 42.6. The molecule has 1 fully saturated rings. The first kappa shape index (κ1) is 79.4. The Hall–Kier alpha value is -5.66. The van der Waals surface area contributed by atoms with Gasteiger partial charge >= 0.3 is 23.9 Å². The van der Waals surface area contributed by atoms with Crippen LogP contribution >= 0.6 is 0 Å². The molecule has 3 N–H and O–H groups in total. The largest absolute Gasteiger partial charge is 0.479 e. The van der Waals surface area contributed by atoms with Crippen LogP contribution in [0.15, 0.2) is 158 Å². The summed E-state index contributed by atoms with van der Waals surface area (Å²) < 4.78 is 28.5. The minimum atomic E-state index is -1.93. The van der Waals surface area contributed by atoms with Crippen LogP contribution in [-0.4, -0.2) is 89.2 Å². The molecule has 0 bridgehead atoms. The second-order valence-corrected chi connectivity index (χ2v) is 22.0.